The van der Waals surface area contributed by atoms with E-state index in [0.717, 1.165) is 18.4 Å². The van der Waals surface area contributed by atoms with Gasteiger partial charge in [-0.05, 0) is 36.5 Å². The highest BCUT2D eigenvalue weighted by molar-refractivity contribution is 5.45. The third-order valence-corrected chi connectivity index (χ3v) is 3.93. The minimum Gasteiger partial charge on any atom is -0.486 e. The zero-order chi connectivity index (χ0) is 15.7. The lowest BCUT2D eigenvalue weighted by molar-refractivity contribution is -0.202. The second-order valence-electron chi connectivity index (χ2n) is 5.68. The smallest absolute Gasteiger partial charge is 0.415 e. The Hall–Kier alpha value is -1.47. The molecule has 0 aromatic heterocycles. The Bertz CT molecular complexity index is 531. The molecule has 1 saturated carbocycles. The van der Waals surface area contributed by atoms with Crippen LogP contribution in [0.15, 0.2) is 18.2 Å². The van der Waals surface area contributed by atoms with Gasteiger partial charge in [0.1, 0.15) is 13.2 Å². The molecule has 2 aliphatic rings. The van der Waals surface area contributed by atoms with Gasteiger partial charge >= 0.3 is 6.18 Å². The van der Waals surface area contributed by atoms with Gasteiger partial charge in [-0.1, -0.05) is 6.07 Å². The van der Waals surface area contributed by atoms with Crippen molar-refractivity contribution < 1.29 is 27.8 Å². The molecule has 0 unspecified atom stereocenters. The summed E-state index contributed by atoms with van der Waals surface area (Å²) >= 11 is 0. The maximum absolute atomic E-state index is 12.4. The van der Waals surface area contributed by atoms with E-state index in [2.05, 4.69) is 5.32 Å². The van der Waals surface area contributed by atoms with E-state index in [4.69, 9.17) is 14.6 Å². The highest BCUT2D eigenvalue weighted by Crippen LogP contribution is 2.43. The number of rotatable bonds is 5. The van der Waals surface area contributed by atoms with Crippen LogP contribution < -0.4 is 14.8 Å². The van der Waals surface area contributed by atoms with E-state index in [1.807, 2.05) is 12.1 Å². The van der Waals surface area contributed by atoms with Crippen LogP contribution in [0.5, 0.6) is 11.5 Å². The fourth-order valence-electron chi connectivity index (χ4n) is 2.59. The molecule has 0 saturated heterocycles. The number of alkyl halides is 3. The fraction of sp³-hybridized carbons (Fsp3) is 0.600. The lowest BCUT2D eigenvalue weighted by Crippen LogP contribution is -2.40. The Morgan fingerprint density at radius 1 is 1.18 bits per heavy atom. The first-order valence-electron chi connectivity index (χ1n) is 7.33. The molecule has 22 heavy (non-hydrogen) atoms. The quantitative estimate of drug-likeness (QED) is 0.876. The minimum atomic E-state index is -4.60. The summed E-state index contributed by atoms with van der Waals surface area (Å²) in [5.74, 6) is 1.57. The molecule has 1 aromatic carbocycles. The number of fused-ring (bicyclic) bond motifs is 1. The first-order valence-corrected chi connectivity index (χ1v) is 7.33. The van der Waals surface area contributed by atoms with Crippen LogP contribution in [0.4, 0.5) is 13.2 Å². The van der Waals surface area contributed by atoms with Gasteiger partial charge in [0.25, 0.3) is 0 Å². The summed E-state index contributed by atoms with van der Waals surface area (Å²) in [6.45, 7) is 0.443. The SMILES string of the molecule is O[C@@H](CN[C@H](c1ccc2c(c1)OCCO2)C1CC1)C(F)(F)F. The van der Waals surface area contributed by atoms with E-state index in [0.29, 0.717) is 30.6 Å². The van der Waals surface area contributed by atoms with Crippen LogP contribution in [0, 0.1) is 5.92 Å². The number of hydrogen-bond donors (Lipinski definition) is 2. The normalized spacial score (nSPS) is 20.5. The van der Waals surface area contributed by atoms with Gasteiger partial charge in [-0.15, -0.1) is 0 Å². The molecule has 1 fully saturated rings. The van der Waals surface area contributed by atoms with Crippen LogP contribution >= 0.6 is 0 Å². The van der Waals surface area contributed by atoms with Crippen LogP contribution in [0.3, 0.4) is 0 Å². The molecule has 1 aliphatic heterocycles. The number of ether oxygens (including phenoxy) is 2. The van der Waals surface area contributed by atoms with Crippen LogP contribution in [-0.2, 0) is 0 Å². The highest BCUT2D eigenvalue weighted by Gasteiger charge is 2.40. The standard InChI is InChI=1S/C15H18F3NO3/c16-15(17,18)13(20)8-19-14(9-1-2-9)10-3-4-11-12(7-10)22-6-5-21-11/h3-4,7,9,13-14,19-20H,1-2,5-6,8H2/t13-,14-/m0/s1. The Morgan fingerprint density at radius 3 is 2.50 bits per heavy atom. The van der Waals surface area contributed by atoms with E-state index < -0.39 is 18.8 Å². The van der Waals surface area contributed by atoms with Crippen molar-refractivity contribution in [3.63, 3.8) is 0 Å². The van der Waals surface area contributed by atoms with Gasteiger partial charge in [-0.25, -0.2) is 0 Å². The van der Waals surface area contributed by atoms with Crippen molar-refractivity contribution in [1.82, 2.24) is 5.32 Å². The molecule has 1 aliphatic carbocycles. The number of aliphatic hydroxyl groups is 1. The molecule has 3 rings (SSSR count). The minimum absolute atomic E-state index is 0.215. The van der Waals surface area contributed by atoms with E-state index in [-0.39, 0.29) is 6.04 Å². The predicted molar refractivity (Wildman–Crippen MR) is 73.0 cm³/mol. The molecule has 122 valence electrons. The maximum Gasteiger partial charge on any atom is 0.415 e. The zero-order valence-electron chi connectivity index (χ0n) is 11.9. The molecule has 0 radical (unpaired) electrons. The molecular formula is C15H18F3NO3. The van der Waals surface area contributed by atoms with Crippen molar-refractivity contribution in [2.45, 2.75) is 31.2 Å². The van der Waals surface area contributed by atoms with E-state index in [1.165, 1.54) is 0 Å². The Morgan fingerprint density at radius 2 is 1.86 bits per heavy atom. The van der Waals surface area contributed by atoms with Crippen molar-refractivity contribution >= 4 is 0 Å². The molecule has 2 atom stereocenters. The summed E-state index contributed by atoms with van der Waals surface area (Å²) < 4.78 is 48.2. The number of aliphatic hydroxyl groups excluding tert-OH is 1. The van der Waals surface area contributed by atoms with Crippen LogP contribution in [0.1, 0.15) is 24.4 Å². The average molecular weight is 317 g/mol. The van der Waals surface area contributed by atoms with Crippen molar-refractivity contribution in [1.29, 1.82) is 0 Å². The number of halogens is 3. The van der Waals surface area contributed by atoms with Gasteiger partial charge in [0.2, 0.25) is 0 Å². The lowest BCUT2D eigenvalue weighted by Gasteiger charge is -2.24. The summed E-state index contributed by atoms with van der Waals surface area (Å²) in [5.41, 5.74) is 0.862. The molecule has 0 bridgehead atoms. The summed E-state index contributed by atoms with van der Waals surface area (Å²) in [6, 6.07) is 5.21. The van der Waals surface area contributed by atoms with E-state index in [1.54, 1.807) is 6.07 Å². The number of nitrogens with one attached hydrogen (secondary N) is 1. The largest absolute Gasteiger partial charge is 0.486 e. The summed E-state index contributed by atoms with van der Waals surface area (Å²) in [5, 5.41) is 12.0. The van der Waals surface area contributed by atoms with Gasteiger partial charge in [0.15, 0.2) is 17.6 Å². The molecule has 0 spiro atoms. The first-order chi connectivity index (χ1) is 10.4. The topological polar surface area (TPSA) is 50.7 Å². The summed E-state index contributed by atoms with van der Waals surface area (Å²) in [7, 11) is 0. The van der Waals surface area contributed by atoms with Crippen LogP contribution in [-0.4, -0.2) is 37.1 Å². The third-order valence-electron chi connectivity index (χ3n) is 3.93. The van der Waals surface area contributed by atoms with E-state index >= 15 is 0 Å². The van der Waals surface area contributed by atoms with Crippen molar-refractivity contribution in [3.05, 3.63) is 23.8 Å². The molecule has 1 aromatic rings. The average Bonchev–Trinajstić information content (AvgIpc) is 3.31. The van der Waals surface area contributed by atoms with Gasteiger partial charge in [0, 0.05) is 12.6 Å². The van der Waals surface area contributed by atoms with Crippen LogP contribution in [0.2, 0.25) is 0 Å². The first kappa shape index (κ1) is 15.4. The molecule has 2 N–H and O–H groups in total. The molecule has 4 nitrogen and oxygen atoms in total. The number of hydrogen-bond acceptors (Lipinski definition) is 4. The summed E-state index contributed by atoms with van der Waals surface area (Å²) in [4.78, 5) is 0. The monoisotopic (exact) mass is 317 g/mol. The van der Waals surface area contributed by atoms with Gasteiger partial charge in [0.05, 0.1) is 0 Å². The maximum atomic E-state index is 12.4. The lowest BCUT2D eigenvalue weighted by atomic mass is 10.0. The third kappa shape index (κ3) is 3.47. The Labute approximate surface area is 126 Å². The number of benzene rings is 1. The van der Waals surface area contributed by atoms with E-state index in [9.17, 15) is 13.2 Å². The second-order valence-corrected chi connectivity index (χ2v) is 5.68. The van der Waals surface area contributed by atoms with Gasteiger partial charge in [-0.2, -0.15) is 13.2 Å². The molecular weight excluding hydrogens is 299 g/mol. The van der Waals surface area contributed by atoms with Gasteiger partial charge in [-0.3, -0.25) is 0 Å². The predicted octanol–water partition coefficient (Wildman–Crippen LogP) is 2.42. The Kier molecular flexibility index (Phi) is 4.18. The van der Waals surface area contributed by atoms with Crippen molar-refractivity contribution in [3.8, 4) is 11.5 Å². The van der Waals surface area contributed by atoms with Gasteiger partial charge < -0.3 is 19.9 Å². The molecule has 0 amide bonds. The fourth-order valence-corrected chi connectivity index (χ4v) is 2.59. The summed E-state index contributed by atoms with van der Waals surface area (Å²) in [6.07, 6.45) is -5.03. The Balaban J connectivity index is 1.71. The van der Waals surface area contributed by atoms with Crippen molar-refractivity contribution in [2.75, 3.05) is 19.8 Å². The molecule has 7 heteroatoms. The van der Waals surface area contributed by atoms with Crippen LogP contribution in [0.25, 0.3) is 0 Å². The molecule has 1 heterocycles. The van der Waals surface area contributed by atoms with Crippen molar-refractivity contribution in [2.24, 2.45) is 5.92 Å². The highest BCUT2D eigenvalue weighted by atomic mass is 19.4. The zero-order valence-corrected chi connectivity index (χ0v) is 11.9. The second kappa shape index (κ2) is 5.96.